The molecule has 232 valence electrons. The molecule has 3 N–H and O–H groups in total. The van der Waals surface area contributed by atoms with Crippen LogP contribution in [0.25, 0.3) is 0 Å². The first-order chi connectivity index (χ1) is 20.1. The molecule has 0 saturated heterocycles. The van der Waals surface area contributed by atoms with Crippen molar-refractivity contribution in [1.29, 1.82) is 0 Å². The minimum absolute atomic E-state index is 0.0130. The van der Waals surface area contributed by atoms with Gasteiger partial charge in [0.2, 0.25) is 5.91 Å². The summed E-state index contributed by atoms with van der Waals surface area (Å²) < 4.78 is 5.72. The molecule has 0 aromatic carbocycles. The number of allylic oxidation sites excluding steroid dienone is 2. The minimum Gasteiger partial charge on any atom is -0.456 e. The number of carbonyl (C=O) groups is 5. The zero-order chi connectivity index (χ0) is 30.9. The van der Waals surface area contributed by atoms with Crippen LogP contribution in [0.5, 0.6) is 0 Å². The van der Waals surface area contributed by atoms with Crippen LogP contribution in [0.1, 0.15) is 101 Å². The van der Waals surface area contributed by atoms with Crippen LogP contribution in [0.15, 0.2) is 29.3 Å². The van der Waals surface area contributed by atoms with Gasteiger partial charge in [-0.1, -0.05) is 70.4 Å². The zero-order valence-corrected chi connectivity index (χ0v) is 26.7. The molecule has 2 heterocycles. The molecule has 1 aromatic heterocycles. The van der Waals surface area contributed by atoms with Crippen LogP contribution in [-0.4, -0.2) is 51.7 Å². The molecule has 0 unspecified atom stereocenters. The molecule has 0 fully saturated rings. The number of fused-ring (bicyclic) bond motifs is 2. The third kappa shape index (κ3) is 13.3. The van der Waals surface area contributed by atoms with Gasteiger partial charge in [0.05, 0.1) is 13.0 Å². The second kappa shape index (κ2) is 19.2. The van der Waals surface area contributed by atoms with Gasteiger partial charge in [0.25, 0.3) is 11.8 Å². The summed E-state index contributed by atoms with van der Waals surface area (Å²) in [6, 6.07) is -0.993. The summed E-state index contributed by atoms with van der Waals surface area (Å²) in [5.41, 5.74) is 0.108. The van der Waals surface area contributed by atoms with Gasteiger partial charge >= 0.3 is 5.97 Å². The molecule has 42 heavy (non-hydrogen) atoms. The fourth-order valence-electron chi connectivity index (χ4n) is 4.11. The number of esters is 1. The summed E-state index contributed by atoms with van der Waals surface area (Å²) in [6.07, 6.45) is 10.8. The van der Waals surface area contributed by atoms with E-state index in [0.717, 1.165) is 19.3 Å². The molecule has 0 spiro atoms. The monoisotopic (exact) mass is 620 g/mol. The van der Waals surface area contributed by atoms with Crippen molar-refractivity contribution in [3.05, 3.63) is 40.0 Å². The lowest BCUT2D eigenvalue weighted by Gasteiger charge is -2.23. The Labute approximate surface area is 256 Å². The number of ether oxygens (including phenoxy) is 1. The van der Waals surface area contributed by atoms with E-state index < -0.39 is 29.9 Å². The Balaban J connectivity index is 2.12. The highest BCUT2D eigenvalue weighted by molar-refractivity contribution is 8.13. The topological polar surface area (TPSA) is 144 Å². The summed E-state index contributed by atoms with van der Waals surface area (Å²) in [6.45, 7) is 7.68. The van der Waals surface area contributed by atoms with Crippen molar-refractivity contribution in [1.82, 2.24) is 20.9 Å². The van der Waals surface area contributed by atoms with Gasteiger partial charge in [0.1, 0.15) is 28.5 Å². The molecule has 1 aromatic rings. The van der Waals surface area contributed by atoms with E-state index >= 15 is 0 Å². The van der Waals surface area contributed by atoms with Crippen molar-refractivity contribution in [3.8, 4) is 0 Å². The van der Waals surface area contributed by atoms with E-state index in [1.165, 1.54) is 42.0 Å². The maximum atomic E-state index is 13.2. The molecule has 1 aliphatic heterocycles. The Hall–Kier alpha value is -2.99. The van der Waals surface area contributed by atoms with E-state index in [1.54, 1.807) is 18.4 Å². The maximum absolute atomic E-state index is 13.2. The normalized spacial score (nSPS) is 20.0. The van der Waals surface area contributed by atoms with Gasteiger partial charge in [-0.05, 0) is 38.2 Å². The fourth-order valence-corrected chi connectivity index (χ4v) is 5.59. The van der Waals surface area contributed by atoms with Crippen molar-refractivity contribution in [2.45, 2.75) is 104 Å². The average Bonchev–Trinajstić information content (AvgIpc) is 3.42. The van der Waals surface area contributed by atoms with Gasteiger partial charge in [-0.2, -0.15) is 0 Å². The first kappa shape index (κ1) is 35.2. The van der Waals surface area contributed by atoms with Gasteiger partial charge in [-0.3, -0.25) is 19.2 Å². The highest BCUT2D eigenvalue weighted by Gasteiger charge is 2.28. The quantitative estimate of drug-likeness (QED) is 0.131. The van der Waals surface area contributed by atoms with Crippen LogP contribution in [0.3, 0.4) is 0 Å². The Kier molecular flexibility index (Phi) is 16.1. The zero-order valence-electron chi connectivity index (χ0n) is 25.0. The molecule has 1 aliphatic rings. The number of aromatic nitrogens is 1. The molecule has 12 heteroatoms. The molecular weight excluding hydrogens is 576 g/mol. The van der Waals surface area contributed by atoms with Crippen molar-refractivity contribution < 1.29 is 28.7 Å². The molecule has 2 bridgehead atoms. The Bertz CT molecular complexity index is 1130. The summed E-state index contributed by atoms with van der Waals surface area (Å²) in [5, 5.41) is 10.2. The lowest BCUT2D eigenvalue weighted by Crippen LogP contribution is -2.46. The van der Waals surface area contributed by atoms with Crippen LogP contribution >= 0.6 is 23.1 Å². The SMILES string of the molecule is C/C=C1\NC(=O)c2csc(n2)CNC(=O)C[C@@H](/C=C/CCSC(=O)CCCCCCC)OC(=O)[C@H](CC(C)C)NC1=O. The molecule has 0 radical (unpaired) electrons. The highest BCUT2D eigenvalue weighted by Crippen LogP contribution is 2.16. The predicted octanol–water partition coefficient (Wildman–Crippen LogP) is 4.81. The number of hydrogen-bond donors (Lipinski definition) is 3. The third-order valence-corrected chi connectivity index (χ3v) is 8.15. The number of cyclic esters (lactones) is 1. The minimum atomic E-state index is -0.993. The first-order valence-electron chi connectivity index (χ1n) is 14.6. The fraction of sp³-hybridized carbons (Fsp3) is 0.600. The van der Waals surface area contributed by atoms with Gasteiger partial charge < -0.3 is 20.7 Å². The first-order valence-corrected chi connectivity index (χ1v) is 16.5. The second-order valence-electron chi connectivity index (χ2n) is 10.5. The van der Waals surface area contributed by atoms with E-state index in [1.807, 2.05) is 19.9 Å². The number of carbonyl (C=O) groups excluding carboxylic acids is 5. The predicted molar refractivity (Wildman–Crippen MR) is 166 cm³/mol. The van der Waals surface area contributed by atoms with Crippen LogP contribution in [-0.2, 0) is 30.5 Å². The largest absolute Gasteiger partial charge is 0.456 e. The van der Waals surface area contributed by atoms with E-state index in [9.17, 15) is 24.0 Å². The number of thiazole rings is 1. The number of nitrogens with one attached hydrogen (secondary N) is 3. The Morgan fingerprint density at radius 1 is 1.17 bits per heavy atom. The van der Waals surface area contributed by atoms with Gasteiger partial charge in [-0.25, -0.2) is 9.78 Å². The molecule has 10 nitrogen and oxygen atoms in total. The standard InChI is InChI=1S/C30H44N4O6S2/c1-5-7-8-9-10-14-27(36)41-15-12-11-13-21-17-25(35)31-18-26-32-24(19-42-26)29(38)33-22(6-2)28(37)34-23(16-20(3)4)30(39)40-21/h6,11,13,19-21,23H,5,7-10,12,14-18H2,1-4H3,(H,31,35)(H,33,38)(H,34,37)/b13-11+,22-6-/t21-,23+/m1/s1. The van der Waals surface area contributed by atoms with Crippen molar-refractivity contribution in [2.24, 2.45) is 5.92 Å². The molecule has 2 atom stereocenters. The van der Waals surface area contributed by atoms with E-state index in [2.05, 4.69) is 27.9 Å². The summed E-state index contributed by atoms with van der Waals surface area (Å²) in [4.78, 5) is 68.0. The molecule has 3 amide bonds. The van der Waals surface area contributed by atoms with Gasteiger partial charge in [0.15, 0.2) is 5.12 Å². The number of nitrogens with zero attached hydrogens (tertiary/aromatic N) is 1. The Morgan fingerprint density at radius 2 is 1.93 bits per heavy atom. The maximum Gasteiger partial charge on any atom is 0.329 e. The smallest absolute Gasteiger partial charge is 0.329 e. The van der Waals surface area contributed by atoms with Crippen molar-refractivity contribution >= 4 is 51.9 Å². The molecular formula is C30H44N4O6S2. The van der Waals surface area contributed by atoms with Gasteiger partial charge in [-0.15, -0.1) is 11.3 Å². The third-order valence-electron chi connectivity index (χ3n) is 6.34. The second-order valence-corrected chi connectivity index (χ2v) is 12.6. The summed E-state index contributed by atoms with van der Waals surface area (Å²) in [7, 11) is 0. The van der Waals surface area contributed by atoms with E-state index in [4.69, 9.17) is 4.74 Å². The van der Waals surface area contributed by atoms with Crippen LogP contribution in [0.4, 0.5) is 0 Å². The van der Waals surface area contributed by atoms with Crippen LogP contribution in [0, 0.1) is 5.92 Å². The summed E-state index contributed by atoms with van der Waals surface area (Å²) >= 11 is 2.50. The van der Waals surface area contributed by atoms with Crippen molar-refractivity contribution in [2.75, 3.05) is 5.75 Å². The lowest BCUT2D eigenvalue weighted by molar-refractivity contribution is -0.152. The highest BCUT2D eigenvalue weighted by atomic mass is 32.2. The van der Waals surface area contributed by atoms with E-state index in [0.29, 0.717) is 30.0 Å². The summed E-state index contributed by atoms with van der Waals surface area (Å²) in [5.74, 6) is -1.60. The molecule has 0 aliphatic carbocycles. The number of unbranched alkanes of at least 4 members (excludes halogenated alkanes) is 4. The molecule has 0 saturated carbocycles. The average molecular weight is 621 g/mol. The van der Waals surface area contributed by atoms with Crippen LogP contribution < -0.4 is 16.0 Å². The van der Waals surface area contributed by atoms with Gasteiger partial charge in [0, 0.05) is 17.6 Å². The number of hydrogen-bond acceptors (Lipinski definition) is 9. The van der Waals surface area contributed by atoms with E-state index in [-0.39, 0.29) is 41.3 Å². The molecule has 2 rings (SSSR count). The van der Waals surface area contributed by atoms with Crippen molar-refractivity contribution in [3.63, 3.8) is 0 Å². The number of thioether (sulfide) groups is 1. The van der Waals surface area contributed by atoms with Crippen LogP contribution in [0.2, 0.25) is 0 Å². The Morgan fingerprint density at radius 3 is 2.64 bits per heavy atom. The number of rotatable bonds is 12. The lowest BCUT2D eigenvalue weighted by atomic mass is 10.0. The number of amides is 3.